The van der Waals surface area contributed by atoms with Crippen LogP contribution in [0, 0.1) is 69.0 Å². The number of nitrogens with zero attached hydrogens (tertiary/aromatic N) is 3. The van der Waals surface area contributed by atoms with Crippen molar-refractivity contribution >= 4 is 27.5 Å². The lowest BCUT2D eigenvalue weighted by Crippen LogP contribution is -2.55. The van der Waals surface area contributed by atoms with E-state index in [2.05, 4.69) is 98.6 Å². The van der Waals surface area contributed by atoms with E-state index >= 15 is 0 Å². The third-order valence-electron chi connectivity index (χ3n) is 22.9. The van der Waals surface area contributed by atoms with Crippen LogP contribution in [0.1, 0.15) is 173 Å². The van der Waals surface area contributed by atoms with Crippen LogP contribution >= 0.6 is 0 Å². The van der Waals surface area contributed by atoms with Gasteiger partial charge in [0.25, 0.3) is 0 Å². The molecule has 5 heteroatoms. The topological polar surface area (TPSA) is 58.1 Å². The normalized spacial score (nSPS) is 42.9. The van der Waals surface area contributed by atoms with Gasteiger partial charge in [0.2, 0.25) is 5.91 Å². The molecule has 0 radical (unpaired) electrons. The summed E-state index contributed by atoms with van der Waals surface area (Å²) in [6, 6.07) is 19.9. The highest BCUT2D eigenvalue weighted by molar-refractivity contribution is 5.83. The van der Waals surface area contributed by atoms with E-state index in [-0.39, 0.29) is 5.91 Å². The van der Waals surface area contributed by atoms with Crippen LogP contribution in [-0.4, -0.2) is 47.0 Å². The zero-order valence-corrected chi connectivity index (χ0v) is 41.3. The summed E-state index contributed by atoms with van der Waals surface area (Å²) in [5.41, 5.74) is 5.14. The molecule has 12 rings (SSSR count). The SMILES string of the molecule is CC(=O)N(C)[C@H]1CC[C@@]2(C)C(CC[C@@H]3C2CC[C@]2(C)[C@@H](c4ccc5ccncc5c4)CC[C@@H]32)C1.CN[C@H]1CC[C@@]2(C)C(CC[C@@H]3C2CC[C@]2(C)[C@@H](c4ccc5ccncc5c4)CC[C@@H]32)C1. The molecule has 8 saturated carbocycles. The molecular weight excluding hydrogens is 793 g/mol. The second-order valence-electron chi connectivity index (χ2n) is 24.9. The summed E-state index contributed by atoms with van der Waals surface area (Å²) < 4.78 is 0. The standard InChI is InChI=1S/C31H42N2O.C29H40N2/c1-20(34)33(4)25-11-14-30(2)24(18-25)7-8-26-28-10-9-27(31(28,3)15-12-29(26)30)22-6-5-21-13-16-32-19-23(21)17-22;1-28-13-10-23(30-3)17-22(28)6-7-24-26-9-8-25(29(26,2)14-11-27(24)28)20-5-4-19-12-15-31-18-21(19)16-20/h5-6,13,16-17,19,24-29H,7-12,14-15,18H2,1-4H3;4-5,12,15-16,18,22-27,30H,6-11,13-14,17H2,1-3H3/t24?,25-,26-,27+,28-,29?,30-,31+;22?,23-,24-,25+,26-,27?,28-,29+/m00/s1. The number of nitrogens with one attached hydrogen (secondary N) is 1. The molecule has 348 valence electrons. The largest absolute Gasteiger partial charge is 0.343 e. The van der Waals surface area contributed by atoms with Crippen LogP contribution in [0.25, 0.3) is 21.5 Å². The first-order valence-corrected chi connectivity index (χ1v) is 26.9. The summed E-state index contributed by atoms with van der Waals surface area (Å²) in [6.07, 6.45) is 33.0. The van der Waals surface area contributed by atoms with Crippen LogP contribution < -0.4 is 5.32 Å². The third-order valence-corrected chi connectivity index (χ3v) is 22.9. The fourth-order valence-corrected chi connectivity index (χ4v) is 19.1. The third kappa shape index (κ3) is 7.18. The van der Waals surface area contributed by atoms with Crippen molar-refractivity contribution < 1.29 is 4.79 Å². The van der Waals surface area contributed by atoms with E-state index in [4.69, 9.17) is 0 Å². The molecule has 8 fully saturated rings. The molecule has 2 aromatic carbocycles. The first-order chi connectivity index (χ1) is 31.3. The number of carbonyl (C=O) groups excluding carboxylic acids is 1. The maximum absolute atomic E-state index is 12.0. The zero-order valence-electron chi connectivity index (χ0n) is 41.3. The number of benzene rings is 2. The lowest BCUT2D eigenvalue weighted by Gasteiger charge is -2.61. The molecule has 2 heterocycles. The maximum Gasteiger partial charge on any atom is 0.219 e. The van der Waals surface area contributed by atoms with Gasteiger partial charge in [-0.1, -0.05) is 52.0 Å². The van der Waals surface area contributed by atoms with Gasteiger partial charge in [-0.25, -0.2) is 0 Å². The van der Waals surface area contributed by atoms with Gasteiger partial charge >= 0.3 is 0 Å². The van der Waals surface area contributed by atoms with Crippen LogP contribution in [0.5, 0.6) is 0 Å². The predicted molar refractivity (Wildman–Crippen MR) is 268 cm³/mol. The van der Waals surface area contributed by atoms with Gasteiger partial charge in [0.05, 0.1) is 0 Å². The zero-order chi connectivity index (χ0) is 44.9. The minimum absolute atomic E-state index is 0.234. The fourth-order valence-electron chi connectivity index (χ4n) is 19.1. The quantitative estimate of drug-likeness (QED) is 0.222. The molecule has 16 atom stereocenters. The number of pyridine rings is 2. The van der Waals surface area contributed by atoms with Crippen molar-refractivity contribution in [2.24, 2.45) is 69.0 Å². The van der Waals surface area contributed by atoms with Gasteiger partial charge in [-0.3, -0.25) is 14.8 Å². The van der Waals surface area contributed by atoms with Crippen LogP contribution in [0.15, 0.2) is 73.3 Å². The first-order valence-electron chi connectivity index (χ1n) is 26.9. The van der Waals surface area contributed by atoms with Gasteiger partial charge in [-0.2, -0.15) is 0 Å². The molecule has 65 heavy (non-hydrogen) atoms. The summed E-state index contributed by atoms with van der Waals surface area (Å²) in [5, 5.41) is 8.84. The van der Waals surface area contributed by atoms with Crippen molar-refractivity contribution in [3.05, 3.63) is 84.4 Å². The van der Waals surface area contributed by atoms with Crippen molar-refractivity contribution in [3.8, 4) is 0 Å². The van der Waals surface area contributed by atoms with E-state index in [1.807, 2.05) is 36.7 Å². The molecule has 2 aromatic heterocycles. The Morgan fingerprint density at radius 2 is 1.03 bits per heavy atom. The highest BCUT2D eigenvalue weighted by Gasteiger charge is 2.62. The van der Waals surface area contributed by atoms with Crippen LogP contribution in [0.2, 0.25) is 0 Å². The molecule has 4 unspecified atom stereocenters. The molecule has 0 bridgehead atoms. The smallest absolute Gasteiger partial charge is 0.219 e. The average molecular weight is 875 g/mol. The Morgan fingerprint density at radius 1 is 0.554 bits per heavy atom. The lowest BCUT2D eigenvalue weighted by molar-refractivity contribution is -0.137. The molecule has 1 amide bonds. The summed E-state index contributed by atoms with van der Waals surface area (Å²) in [4.78, 5) is 22.8. The van der Waals surface area contributed by atoms with Crippen LogP contribution in [0.4, 0.5) is 0 Å². The number of carbonyl (C=O) groups is 1. The Hall–Kier alpha value is -3.31. The Morgan fingerprint density at radius 3 is 1.54 bits per heavy atom. The lowest BCUT2D eigenvalue weighted by atomic mass is 9.44. The van der Waals surface area contributed by atoms with E-state index < -0.39 is 0 Å². The van der Waals surface area contributed by atoms with Gasteiger partial charge in [-0.05, 0) is 250 Å². The van der Waals surface area contributed by atoms with E-state index in [0.29, 0.717) is 33.6 Å². The van der Waals surface area contributed by atoms with Crippen molar-refractivity contribution in [1.82, 2.24) is 20.2 Å². The van der Waals surface area contributed by atoms with Crippen LogP contribution in [-0.2, 0) is 4.79 Å². The molecule has 0 spiro atoms. The number of amides is 1. The Balaban J connectivity index is 0.000000145. The van der Waals surface area contributed by atoms with Crippen molar-refractivity contribution in [3.63, 3.8) is 0 Å². The van der Waals surface area contributed by atoms with Crippen molar-refractivity contribution in [2.75, 3.05) is 14.1 Å². The van der Waals surface area contributed by atoms with E-state index in [1.165, 1.54) is 137 Å². The predicted octanol–water partition coefficient (Wildman–Crippen LogP) is 14.2. The highest BCUT2D eigenvalue weighted by Crippen LogP contribution is 2.71. The first kappa shape index (κ1) is 44.2. The van der Waals surface area contributed by atoms with Gasteiger partial charge in [0, 0.05) is 61.6 Å². The molecule has 4 aromatic rings. The average Bonchev–Trinajstić information content (AvgIpc) is 3.87. The Bertz CT molecular complexity index is 2390. The minimum Gasteiger partial charge on any atom is -0.343 e. The molecule has 8 aliphatic carbocycles. The van der Waals surface area contributed by atoms with Gasteiger partial charge in [0.15, 0.2) is 0 Å². The van der Waals surface area contributed by atoms with Crippen molar-refractivity contribution in [1.29, 1.82) is 0 Å². The number of hydrogen-bond acceptors (Lipinski definition) is 4. The van der Waals surface area contributed by atoms with Crippen molar-refractivity contribution in [2.45, 2.75) is 174 Å². The summed E-state index contributed by atoms with van der Waals surface area (Å²) in [6.45, 7) is 12.4. The monoisotopic (exact) mass is 875 g/mol. The van der Waals surface area contributed by atoms with E-state index in [0.717, 1.165) is 59.3 Å². The summed E-state index contributed by atoms with van der Waals surface area (Å²) in [7, 11) is 4.20. The summed E-state index contributed by atoms with van der Waals surface area (Å²) in [5.74, 6) is 8.93. The molecule has 8 aliphatic rings. The second-order valence-corrected chi connectivity index (χ2v) is 24.9. The van der Waals surface area contributed by atoms with E-state index in [1.54, 1.807) is 18.1 Å². The van der Waals surface area contributed by atoms with Gasteiger partial charge < -0.3 is 10.2 Å². The number of fused-ring (bicyclic) bond motifs is 12. The minimum atomic E-state index is 0.234. The molecular formula is C60H82N4O. The maximum atomic E-state index is 12.0. The van der Waals surface area contributed by atoms with Crippen LogP contribution in [0.3, 0.4) is 0 Å². The second kappa shape index (κ2) is 16.7. The highest BCUT2D eigenvalue weighted by atomic mass is 16.2. The number of rotatable bonds is 4. The van der Waals surface area contributed by atoms with E-state index in [9.17, 15) is 4.79 Å². The van der Waals surface area contributed by atoms with Gasteiger partial charge in [0.1, 0.15) is 0 Å². The molecule has 1 N–H and O–H groups in total. The fraction of sp³-hybridized carbons (Fsp3) is 0.683. The van der Waals surface area contributed by atoms with Gasteiger partial charge in [-0.15, -0.1) is 0 Å². The Kier molecular flexibility index (Phi) is 11.4. The molecule has 5 nitrogen and oxygen atoms in total. The molecule has 0 saturated heterocycles. The number of aromatic nitrogens is 2. The Labute approximate surface area is 392 Å². The summed E-state index contributed by atoms with van der Waals surface area (Å²) >= 11 is 0. The molecule has 0 aliphatic heterocycles. The number of hydrogen-bond donors (Lipinski definition) is 1.